The number of carbonyl (C=O) groups excluding carboxylic acids is 2. The SMILES string of the molecule is Cc1c(C(=O)N(C)Cc2ccsc2)oc2c1C(=O)CC(C)(C)C2. The summed E-state index contributed by atoms with van der Waals surface area (Å²) in [4.78, 5) is 26.7. The maximum atomic E-state index is 12.7. The summed E-state index contributed by atoms with van der Waals surface area (Å²) in [5.41, 5.74) is 2.29. The van der Waals surface area contributed by atoms with Crippen LogP contribution < -0.4 is 0 Å². The number of carbonyl (C=O) groups is 2. The summed E-state index contributed by atoms with van der Waals surface area (Å²) in [5.74, 6) is 0.876. The molecule has 5 heteroatoms. The van der Waals surface area contributed by atoms with Gasteiger partial charge in [0.15, 0.2) is 11.5 Å². The Morgan fingerprint density at radius 3 is 2.78 bits per heavy atom. The average molecular weight is 331 g/mol. The summed E-state index contributed by atoms with van der Waals surface area (Å²) < 4.78 is 5.84. The van der Waals surface area contributed by atoms with Crippen molar-refractivity contribution in [2.45, 2.75) is 40.2 Å². The van der Waals surface area contributed by atoms with Gasteiger partial charge in [-0.3, -0.25) is 9.59 Å². The molecule has 0 aromatic carbocycles. The maximum absolute atomic E-state index is 12.7. The molecule has 0 saturated carbocycles. The molecule has 4 nitrogen and oxygen atoms in total. The monoisotopic (exact) mass is 331 g/mol. The van der Waals surface area contributed by atoms with Crippen molar-refractivity contribution in [2.24, 2.45) is 5.41 Å². The van der Waals surface area contributed by atoms with Crippen LogP contribution >= 0.6 is 11.3 Å². The van der Waals surface area contributed by atoms with Crippen LogP contribution in [0.4, 0.5) is 0 Å². The van der Waals surface area contributed by atoms with Crippen molar-refractivity contribution < 1.29 is 14.0 Å². The largest absolute Gasteiger partial charge is 0.455 e. The van der Waals surface area contributed by atoms with Crippen molar-refractivity contribution in [2.75, 3.05) is 7.05 Å². The second-order valence-electron chi connectivity index (χ2n) is 7.09. The number of amides is 1. The van der Waals surface area contributed by atoms with Gasteiger partial charge in [0, 0.05) is 32.0 Å². The van der Waals surface area contributed by atoms with E-state index >= 15 is 0 Å². The van der Waals surface area contributed by atoms with Gasteiger partial charge in [-0.05, 0) is 34.7 Å². The number of fused-ring (bicyclic) bond motifs is 1. The third-order valence-corrected chi connectivity index (χ3v) is 5.05. The number of thiophene rings is 1. The number of hydrogen-bond donors (Lipinski definition) is 0. The number of nitrogens with zero attached hydrogens (tertiary/aromatic N) is 1. The third-order valence-electron chi connectivity index (χ3n) is 4.32. The number of rotatable bonds is 3. The molecular weight excluding hydrogens is 310 g/mol. The highest BCUT2D eigenvalue weighted by molar-refractivity contribution is 7.07. The van der Waals surface area contributed by atoms with Gasteiger partial charge in [0.05, 0.1) is 5.56 Å². The second kappa shape index (κ2) is 5.64. The molecule has 0 radical (unpaired) electrons. The normalized spacial score (nSPS) is 16.3. The van der Waals surface area contributed by atoms with Gasteiger partial charge in [-0.25, -0.2) is 0 Å². The molecular formula is C18H21NO3S. The van der Waals surface area contributed by atoms with Crippen LogP contribution in [0.1, 0.15) is 58.1 Å². The summed E-state index contributed by atoms with van der Waals surface area (Å²) >= 11 is 1.61. The molecule has 0 atom stereocenters. The van der Waals surface area contributed by atoms with Gasteiger partial charge in [0.25, 0.3) is 5.91 Å². The van der Waals surface area contributed by atoms with Crippen LogP contribution in [0.25, 0.3) is 0 Å². The van der Waals surface area contributed by atoms with Gasteiger partial charge < -0.3 is 9.32 Å². The van der Waals surface area contributed by atoms with Crippen molar-refractivity contribution in [1.82, 2.24) is 4.90 Å². The minimum atomic E-state index is -0.172. The van der Waals surface area contributed by atoms with Crippen LogP contribution in [0, 0.1) is 12.3 Å². The molecule has 2 aromatic heterocycles. The Hall–Kier alpha value is -1.88. The minimum Gasteiger partial charge on any atom is -0.455 e. The summed E-state index contributed by atoms with van der Waals surface area (Å²) in [5, 5.41) is 4.01. The molecule has 1 amide bonds. The summed E-state index contributed by atoms with van der Waals surface area (Å²) in [6.45, 7) is 6.45. The summed E-state index contributed by atoms with van der Waals surface area (Å²) in [6, 6.07) is 2.00. The van der Waals surface area contributed by atoms with E-state index in [9.17, 15) is 9.59 Å². The lowest BCUT2D eigenvalue weighted by Crippen LogP contribution is -2.26. The van der Waals surface area contributed by atoms with E-state index < -0.39 is 0 Å². The molecule has 1 aliphatic carbocycles. The van der Waals surface area contributed by atoms with E-state index in [0.717, 1.165) is 5.56 Å². The highest BCUT2D eigenvalue weighted by Gasteiger charge is 2.37. The first-order valence-corrected chi connectivity index (χ1v) is 8.65. The molecule has 1 aliphatic rings. The van der Waals surface area contributed by atoms with Crippen molar-refractivity contribution in [3.8, 4) is 0 Å². The second-order valence-corrected chi connectivity index (χ2v) is 7.87. The van der Waals surface area contributed by atoms with Gasteiger partial charge in [0.2, 0.25) is 0 Å². The molecule has 0 saturated heterocycles. The number of Topliss-reactive ketones (excluding diaryl/α,β-unsaturated/α-hetero) is 1. The molecule has 0 aliphatic heterocycles. The van der Waals surface area contributed by atoms with Gasteiger partial charge in [-0.1, -0.05) is 13.8 Å². The molecule has 3 rings (SSSR count). The molecule has 0 bridgehead atoms. The van der Waals surface area contributed by atoms with E-state index in [0.29, 0.717) is 42.0 Å². The van der Waals surface area contributed by atoms with Crippen LogP contribution in [0.15, 0.2) is 21.2 Å². The van der Waals surface area contributed by atoms with E-state index in [1.165, 1.54) is 0 Å². The van der Waals surface area contributed by atoms with Gasteiger partial charge >= 0.3 is 0 Å². The fourth-order valence-corrected chi connectivity index (χ4v) is 3.85. The predicted octanol–water partition coefficient (Wildman–Crippen LogP) is 4.08. The average Bonchev–Trinajstić information content (AvgIpc) is 3.04. The van der Waals surface area contributed by atoms with Crippen molar-refractivity contribution in [3.05, 3.63) is 45.0 Å². The highest BCUT2D eigenvalue weighted by atomic mass is 32.1. The molecule has 0 spiro atoms. The van der Waals surface area contributed by atoms with Gasteiger partial charge in [-0.2, -0.15) is 11.3 Å². The van der Waals surface area contributed by atoms with Crippen LogP contribution in [0.5, 0.6) is 0 Å². The van der Waals surface area contributed by atoms with Crippen molar-refractivity contribution in [1.29, 1.82) is 0 Å². The maximum Gasteiger partial charge on any atom is 0.289 e. The molecule has 2 heterocycles. The van der Waals surface area contributed by atoms with Crippen LogP contribution in [0.3, 0.4) is 0 Å². The first kappa shape index (κ1) is 16.0. The standard InChI is InChI=1S/C18H21NO3S/c1-11-15-13(20)7-18(2,3)8-14(15)22-16(11)17(21)19(4)9-12-5-6-23-10-12/h5-6,10H,7-9H2,1-4H3. The predicted molar refractivity (Wildman–Crippen MR) is 90.0 cm³/mol. The van der Waals surface area contributed by atoms with Crippen molar-refractivity contribution >= 4 is 23.0 Å². The van der Waals surface area contributed by atoms with Crippen LogP contribution in [-0.4, -0.2) is 23.6 Å². The quantitative estimate of drug-likeness (QED) is 0.851. The lowest BCUT2D eigenvalue weighted by molar-refractivity contribution is 0.0746. The first-order valence-electron chi connectivity index (χ1n) is 7.70. The smallest absolute Gasteiger partial charge is 0.289 e. The molecule has 0 N–H and O–H groups in total. The van der Waals surface area contributed by atoms with Crippen molar-refractivity contribution in [3.63, 3.8) is 0 Å². The molecule has 0 fully saturated rings. The Kier molecular flexibility index (Phi) is 3.92. The Balaban J connectivity index is 1.89. The zero-order valence-corrected chi connectivity index (χ0v) is 14.8. The van der Waals surface area contributed by atoms with E-state index in [2.05, 4.69) is 13.8 Å². The highest BCUT2D eigenvalue weighted by Crippen LogP contribution is 2.38. The zero-order chi connectivity index (χ0) is 16.8. The van der Waals surface area contributed by atoms with E-state index in [-0.39, 0.29) is 17.1 Å². The molecule has 2 aromatic rings. The third kappa shape index (κ3) is 2.98. The molecule has 0 unspecified atom stereocenters. The summed E-state index contributed by atoms with van der Waals surface area (Å²) in [7, 11) is 1.76. The van der Waals surface area contributed by atoms with Crippen LogP contribution in [-0.2, 0) is 13.0 Å². The Morgan fingerprint density at radius 2 is 2.13 bits per heavy atom. The Labute approximate surface area is 140 Å². The summed E-state index contributed by atoms with van der Waals surface area (Å²) in [6.07, 6.45) is 1.19. The lowest BCUT2D eigenvalue weighted by atomic mass is 9.76. The van der Waals surface area contributed by atoms with Gasteiger partial charge in [-0.15, -0.1) is 0 Å². The van der Waals surface area contributed by atoms with Crippen LogP contribution in [0.2, 0.25) is 0 Å². The number of hydrogen-bond acceptors (Lipinski definition) is 4. The Morgan fingerprint density at radius 1 is 1.39 bits per heavy atom. The zero-order valence-electron chi connectivity index (χ0n) is 13.9. The van der Waals surface area contributed by atoms with E-state index in [1.54, 1.807) is 23.3 Å². The number of furan rings is 1. The van der Waals surface area contributed by atoms with E-state index in [1.807, 2.05) is 23.8 Å². The van der Waals surface area contributed by atoms with Gasteiger partial charge in [0.1, 0.15) is 5.76 Å². The topological polar surface area (TPSA) is 50.5 Å². The Bertz CT molecular complexity index is 756. The number of ketones is 1. The minimum absolute atomic E-state index is 0.0806. The molecule has 122 valence electrons. The fraction of sp³-hybridized carbons (Fsp3) is 0.444. The lowest BCUT2D eigenvalue weighted by Gasteiger charge is -2.27. The molecule has 23 heavy (non-hydrogen) atoms. The fourth-order valence-electron chi connectivity index (χ4n) is 3.19. The van der Waals surface area contributed by atoms with E-state index in [4.69, 9.17) is 4.42 Å². The first-order chi connectivity index (χ1) is 10.8.